The van der Waals surface area contributed by atoms with E-state index in [-0.39, 0.29) is 6.42 Å². The zero-order chi connectivity index (χ0) is 18.6. The predicted molar refractivity (Wildman–Crippen MR) is 107 cm³/mol. The summed E-state index contributed by atoms with van der Waals surface area (Å²) in [4.78, 5) is 10.4. The fourth-order valence-electron chi connectivity index (χ4n) is 2.30. The summed E-state index contributed by atoms with van der Waals surface area (Å²) in [5.41, 5.74) is 0. The van der Waals surface area contributed by atoms with Gasteiger partial charge in [0.2, 0.25) is 0 Å². The lowest BCUT2D eigenvalue weighted by Crippen LogP contribution is -1.98. The maximum atomic E-state index is 10.4. The van der Waals surface area contributed by atoms with E-state index in [0.29, 0.717) is 6.42 Å². The molecular formula is C22H36O3. The Morgan fingerprint density at radius 3 is 2.32 bits per heavy atom. The van der Waals surface area contributed by atoms with Crippen LogP contribution in [0.5, 0.6) is 0 Å². The monoisotopic (exact) mass is 348 g/mol. The molecule has 0 rings (SSSR count). The number of hydrogen-bond acceptors (Lipinski definition) is 2. The topological polar surface area (TPSA) is 57.5 Å². The average molecular weight is 349 g/mol. The van der Waals surface area contributed by atoms with Crippen LogP contribution in [0.1, 0.15) is 77.6 Å². The van der Waals surface area contributed by atoms with Gasteiger partial charge in [-0.2, -0.15) is 0 Å². The minimum atomic E-state index is -0.720. The molecule has 0 aliphatic rings. The number of aliphatic carboxylic acids is 1. The third-order valence-electron chi connectivity index (χ3n) is 3.80. The number of carboxylic acid groups (broad SMARTS) is 1. The molecule has 0 aliphatic carbocycles. The number of carboxylic acids is 1. The van der Waals surface area contributed by atoms with Crippen molar-refractivity contribution in [3.8, 4) is 0 Å². The molecule has 0 spiro atoms. The van der Waals surface area contributed by atoms with Crippen molar-refractivity contribution in [3.05, 3.63) is 48.6 Å². The number of aliphatic hydroxyl groups is 1. The van der Waals surface area contributed by atoms with Gasteiger partial charge in [0.05, 0.1) is 6.10 Å². The fourth-order valence-corrected chi connectivity index (χ4v) is 2.30. The summed E-state index contributed by atoms with van der Waals surface area (Å²) in [7, 11) is 0. The lowest BCUT2D eigenvalue weighted by molar-refractivity contribution is -0.137. The Balaban J connectivity index is 3.58. The molecule has 0 heterocycles. The molecule has 0 saturated carbocycles. The molecule has 2 N–H and O–H groups in total. The molecule has 0 bridgehead atoms. The molecule has 0 aliphatic heterocycles. The number of aliphatic hydroxyl groups excluding tert-OH is 1. The van der Waals surface area contributed by atoms with Gasteiger partial charge in [-0.1, -0.05) is 74.8 Å². The van der Waals surface area contributed by atoms with Gasteiger partial charge in [-0.15, -0.1) is 0 Å². The van der Waals surface area contributed by atoms with Crippen LogP contribution in [-0.4, -0.2) is 22.3 Å². The number of rotatable bonds is 16. The van der Waals surface area contributed by atoms with Crippen molar-refractivity contribution < 1.29 is 15.0 Å². The zero-order valence-corrected chi connectivity index (χ0v) is 15.8. The molecule has 0 amide bonds. The molecule has 3 heteroatoms. The SMILES string of the molecule is CCCCC/C=C\C/C=C\C=C\C(O)C/C=C/CCCCCC(=O)O. The van der Waals surface area contributed by atoms with Crippen LogP contribution in [0, 0.1) is 0 Å². The van der Waals surface area contributed by atoms with Gasteiger partial charge in [0.25, 0.3) is 0 Å². The van der Waals surface area contributed by atoms with E-state index >= 15 is 0 Å². The van der Waals surface area contributed by atoms with E-state index in [1.807, 2.05) is 18.2 Å². The Labute approximate surface area is 153 Å². The van der Waals surface area contributed by atoms with Crippen LogP contribution < -0.4 is 0 Å². The number of allylic oxidation sites excluding steroid dienone is 6. The number of unbranched alkanes of at least 4 members (excludes halogenated alkanes) is 6. The Bertz CT molecular complexity index is 419. The van der Waals surface area contributed by atoms with Crippen molar-refractivity contribution >= 4 is 5.97 Å². The molecule has 1 unspecified atom stereocenters. The van der Waals surface area contributed by atoms with Crippen LogP contribution in [-0.2, 0) is 4.79 Å². The minimum absolute atomic E-state index is 0.259. The molecule has 25 heavy (non-hydrogen) atoms. The first-order valence-electron chi connectivity index (χ1n) is 9.70. The molecule has 0 aromatic rings. The van der Waals surface area contributed by atoms with E-state index in [2.05, 4.69) is 31.2 Å². The van der Waals surface area contributed by atoms with Crippen molar-refractivity contribution in [1.29, 1.82) is 0 Å². The zero-order valence-electron chi connectivity index (χ0n) is 15.8. The molecule has 142 valence electrons. The summed E-state index contributed by atoms with van der Waals surface area (Å²) in [6.07, 6.45) is 26.3. The van der Waals surface area contributed by atoms with Crippen LogP contribution in [0.3, 0.4) is 0 Å². The number of hydrogen-bond donors (Lipinski definition) is 2. The third kappa shape index (κ3) is 20.3. The average Bonchev–Trinajstić information content (AvgIpc) is 2.58. The van der Waals surface area contributed by atoms with Gasteiger partial charge in [-0.05, 0) is 44.9 Å². The van der Waals surface area contributed by atoms with E-state index in [4.69, 9.17) is 5.11 Å². The van der Waals surface area contributed by atoms with E-state index in [9.17, 15) is 9.90 Å². The quantitative estimate of drug-likeness (QED) is 0.205. The van der Waals surface area contributed by atoms with Gasteiger partial charge in [0.1, 0.15) is 0 Å². The first-order valence-corrected chi connectivity index (χ1v) is 9.70. The first kappa shape index (κ1) is 23.4. The number of carbonyl (C=O) groups is 1. The Hall–Kier alpha value is -1.61. The standard InChI is InChI=1S/C22H36O3/c1-2-3-4-5-6-7-8-9-12-15-18-21(23)19-16-13-10-11-14-17-20-22(24)25/h6-7,9,12-13,15-16,18,21,23H,2-5,8,10-11,14,17,19-20H2,1H3,(H,24,25)/b7-6-,12-9-,16-13+,18-15+. The molecule has 3 nitrogen and oxygen atoms in total. The summed E-state index contributed by atoms with van der Waals surface area (Å²) >= 11 is 0. The second-order valence-electron chi connectivity index (χ2n) is 6.28. The van der Waals surface area contributed by atoms with Crippen LogP contribution >= 0.6 is 0 Å². The normalized spacial score (nSPS) is 13.7. The maximum Gasteiger partial charge on any atom is 0.303 e. The van der Waals surface area contributed by atoms with E-state index in [1.165, 1.54) is 25.7 Å². The summed E-state index contributed by atoms with van der Waals surface area (Å²) in [5.74, 6) is -0.720. The van der Waals surface area contributed by atoms with Crippen molar-refractivity contribution in [3.63, 3.8) is 0 Å². The van der Waals surface area contributed by atoms with Crippen LogP contribution in [0.25, 0.3) is 0 Å². The fraction of sp³-hybridized carbons (Fsp3) is 0.591. The van der Waals surface area contributed by atoms with Crippen LogP contribution in [0.4, 0.5) is 0 Å². The Morgan fingerprint density at radius 2 is 1.60 bits per heavy atom. The van der Waals surface area contributed by atoms with Gasteiger partial charge in [-0.3, -0.25) is 4.79 Å². The smallest absolute Gasteiger partial charge is 0.303 e. The van der Waals surface area contributed by atoms with Crippen molar-refractivity contribution in [2.24, 2.45) is 0 Å². The Morgan fingerprint density at radius 1 is 0.880 bits per heavy atom. The highest BCUT2D eigenvalue weighted by Crippen LogP contribution is 2.05. The minimum Gasteiger partial charge on any atom is -0.481 e. The van der Waals surface area contributed by atoms with Gasteiger partial charge in [-0.25, -0.2) is 0 Å². The van der Waals surface area contributed by atoms with Gasteiger partial charge in [0.15, 0.2) is 0 Å². The van der Waals surface area contributed by atoms with Crippen molar-refractivity contribution in [2.75, 3.05) is 0 Å². The highest BCUT2D eigenvalue weighted by Gasteiger charge is 1.96. The first-order chi connectivity index (χ1) is 12.2. The molecule has 0 aromatic heterocycles. The van der Waals surface area contributed by atoms with Crippen LogP contribution in [0.2, 0.25) is 0 Å². The Kier molecular flexibility index (Phi) is 17.5. The molecule has 0 radical (unpaired) electrons. The van der Waals surface area contributed by atoms with Gasteiger partial charge >= 0.3 is 5.97 Å². The molecule has 0 fully saturated rings. The van der Waals surface area contributed by atoms with Crippen molar-refractivity contribution in [1.82, 2.24) is 0 Å². The second-order valence-corrected chi connectivity index (χ2v) is 6.28. The molecule has 0 saturated heterocycles. The van der Waals surface area contributed by atoms with E-state index in [1.54, 1.807) is 6.08 Å². The molecule has 0 aromatic carbocycles. The molecular weight excluding hydrogens is 312 g/mol. The van der Waals surface area contributed by atoms with E-state index in [0.717, 1.165) is 32.1 Å². The second kappa shape index (κ2) is 18.7. The summed E-state index contributed by atoms with van der Waals surface area (Å²) in [6, 6.07) is 0. The highest BCUT2D eigenvalue weighted by molar-refractivity contribution is 5.66. The summed E-state index contributed by atoms with van der Waals surface area (Å²) in [6.45, 7) is 2.22. The third-order valence-corrected chi connectivity index (χ3v) is 3.80. The van der Waals surface area contributed by atoms with Gasteiger partial charge in [0, 0.05) is 6.42 Å². The summed E-state index contributed by atoms with van der Waals surface area (Å²) in [5, 5.41) is 18.4. The predicted octanol–water partition coefficient (Wildman–Crippen LogP) is 5.97. The lowest BCUT2D eigenvalue weighted by atomic mass is 10.1. The molecule has 1 atom stereocenters. The van der Waals surface area contributed by atoms with E-state index < -0.39 is 12.1 Å². The maximum absolute atomic E-state index is 10.4. The lowest BCUT2D eigenvalue weighted by Gasteiger charge is -1.99. The largest absolute Gasteiger partial charge is 0.481 e. The summed E-state index contributed by atoms with van der Waals surface area (Å²) < 4.78 is 0. The van der Waals surface area contributed by atoms with Gasteiger partial charge < -0.3 is 10.2 Å². The van der Waals surface area contributed by atoms with Crippen molar-refractivity contribution in [2.45, 2.75) is 83.7 Å². The highest BCUT2D eigenvalue weighted by atomic mass is 16.4. The van der Waals surface area contributed by atoms with Crippen LogP contribution in [0.15, 0.2) is 48.6 Å².